The summed E-state index contributed by atoms with van der Waals surface area (Å²) in [7, 11) is -3.85. The molecule has 1 N–H and O–H groups in total. The zero-order chi connectivity index (χ0) is 18.7. The molecule has 0 fully saturated rings. The number of ether oxygens (including phenoxy) is 1. The topological polar surface area (TPSA) is 98.5 Å². The summed E-state index contributed by atoms with van der Waals surface area (Å²) in [5, 5.41) is 12.0. The zero-order valence-corrected chi connectivity index (χ0v) is 14.7. The van der Waals surface area contributed by atoms with Crippen molar-refractivity contribution in [1.82, 2.24) is 0 Å². The summed E-state index contributed by atoms with van der Waals surface area (Å²) in [6.07, 6.45) is 0. The van der Waals surface area contributed by atoms with E-state index in [1.807, 2.05) is 6.92 Å². The molecule has 134 valence electrons. The lowest BCUT2D eigenvalue weighted by Gasteiger charge is -2.11. The first-order valence-electron chi connectivity index (χ1n) is 7.84. The Morgan fingerprint density at radius 1 is 1.00 bits per heavy atom. The number of hydrogen-bond acceptors (Lipinski definition) is 5. The number of hydrogen-bond donors (Lipinski definition) is 1. The van der Waals surface area contributed by atoms with E-state index in [2.05, 4.69) is 4.72 Å². The van der Waals surface area contributed by atoms with E-state index >= 15 is 0 Å². The minimum absolute atomic E-state index is 0.0726. The smallest absolute Gasteiger partial charge is 0.277 e. The second-order valence-electron chi connectivity index (χ2n) is 5.44. The molecule has 0 aliphatic carbocycles. The van der Waals surface area contributed by atoms with Gasteiger partial charge < -0.3 is 4.74 Å². The standard InChI is InChI=1S/C18H16N2O5S/c1-2-25-13-9-11-14(12-10-13)26(23,24)19-17-7-3-6-16-15(17)5-4-8-18(16)20(21)22/h3-12,19H,2H2,1H3. The number of non-ortho nitro benzene ring substituents is 1. The molecule has 0 heterocycles. The van der Waals surface area contributed by atoms with Gasteiger partial charge in [0.05, 0.1) is 27.5 Å². The average molecular weight is 372 g/mol. The highest BCUT2D eigenvalue weighted by atomic mass is 32.2. The van der Waals surface area contributed by atoms with Crippen molar-refractivity contribution in [3.8, 4) is 5.75 Å². The summed E-state index contributed by atoms with van der Waals surface area (Å²) >= 11 is 0. The maximum absolute atomic E-state index is 12.6. The van der Waals surface area contributed by atoms with Crippen LogP contribution in [-0.4, -0.2) is 19.9 Å². The van der Waals surface area contributed by atoms with E-state index in [-0.39, 0.29) is 16.3 Å². The quantitative estimate of drug-likeness (QED) is 0.522. The molecule has 0 unspecified atom stereocenters. The molecule has 0 saturated carbocycles. The van der Waals surface area contributed by atoms with Crippen LogP contribution in [0.5, 0.6) is 5.75 Å². The van der Waals surface area contributed by atoms with Gasteiger partial charge in [-0.2, -0.15) is 0 Å². The van der Waals surface area contributed by atoms with Crippen molar-refractivity contribution in [3.63, 3.8) is 0 Å². The van der Waals surface area contributed by atoms with Gasteiger partial charge in [-0.05, 0) is 43.3 Å². The number of sulfonamides is 1. The largest absolute Gasteiger partial charge is 0.494 e. The predicted molar refractivity (Wildman–Crippen MR) is 99.0 cm³/mol. The molecule has 0 atom stereocenters. The lowest BCUT2D eigenvalue weighted by atomic mass is 10.1. The Bertz CT molecular complexity index is 1060. The van der Waals surface area contributed by atoms with Gasteiger partial charge in [0, 0.05) is 11.5 Å². The molecule has 0 spiro atoms. The van der Waals surface area contributed by atoms with Crippen LogP contribution in [0.2, 0.25) is 0 Å². The van der Waals surface area contributed by atoms with E-state index in [0.717, 1.165) is 0 Å². The minimum atomic E-state index is -3.85. The Kier molecular flexibility index (Phi) is 4.77. The summed E-state index contributed by atoms with van der Waals surface area (Å²) < 4.78 is 33.1. The van der Waals surface area contributed by atoms with Crippen LogP contribution in [0, 0.1) is 10.1 Å². The van der Waals surface area contributed by atoms with Gasteiger partial charge in [0.15, 0.2) is 0 Å². The SMILES string of the molecule is CCOc1ccc(S(=O)(=O)Nc2cccc3c([N+](=O)[O-])cccc23)cc1. The molecule has 0 bridgehead atoms. The van der Waals surface area contributed by atoms with Crippen LogP contribution in [0.1, 0.15) is 6.92 Å². The first-order valence-corrected chi connectivity index (χ1v) is 9.32. The molecule has 0 amide bonds. The maximum atomic E-state index is 12.6. The van der Waals surface area contributed by atoms with Crippen molar-refractivity contribution >= 4 is 32.2 Å². The number of anilines is 1. The lowest BCUT2D eigenvalue weighted by molar-refractivity contribution is -0.383. The number of benzene rings is 3. The van der Waals surface area contributed by atoms with Crippen LogP contribution < -0.4 is 9.46 Å². The van der Waals surface area contributed by atoms with Crippen molar-refractivity contribution in [2.24, 2.45) is 0 Å². The van der Waals surface area contributed by atoms with Gasteiger partial charge in [-0.25, -0.2) is 8.42 Å². The highest BCUT2D eigenvalue weighted by Crippen LogP contribution is 2.31. The van der Waals surface area contributed by atoms with Gasteiger partial charge in [0.25, 0.3) is 15.7 Å². The molecular weight excluding hydrogens is 356 g/mol. The zero-order valence-electron chi connectivity index (χ0n) is 13.9. The number of nitrogens with zero attached hydrogens (tertiary/aromatic N) is 1. The van der Waals surface area contributed by atoms with Crippen molar-refractivity contribution in [1.29, 1.82) is 0 Å². The normalized spacial score (nSPS) is 11.3. The van der Waals surface area contributed by atoms with Gasteiger partial charge in [-0.15, -0.1) is 0 Å². The van der Waals surface area contributed by atoms with Crippen molar-refractivity contribution < 1.29 is 18.1 Å². The molecule has 0 radical (unpaired) electrons. The molecule has 0 aliphatic rings. The van der Waals surface area contributed by atoms with E-state index < -0.39 is 14.9 Å². The fraction of sp³-hybridized carbons (Fsp3) is 0.111. The molecule has 0 aliphatic heterocycles. The van der Waals surface area contributed by atoms with Gasteiger partial charge in [-0.3, -0.25) is 14.8 Å². The fourth-order valence-corrected chi connectivity index (χ4v) is 3.71. The molecule has 8 heteroatoms. The third-order valence-electron chi connectivity index (χ3n) is 3.79. The Hall–Kier alpha value is -3.13. The van der Waals surface area contributed by atoms with Gasteiger partial charge >= 0.3 is 0 Å². The monoisotopic (exact) mass is 372 g/mol. The van der Waals surface area contributed by atoms with E-state index in [4.69, 9.17) is 4.74 Å². The maximum Gasteiger partial charge on any atom is 0.277 e. The van der Waals surface area contributed by atoms with Crippen LogP contribution in [0.25, 0.3) is 10.8 Å². The predicted octanol–water partition coefficient (Wildman–Crippen LogP) is 3.95. The summed E-state index contributed by atoms with van der Waals surface area (Å²) in [5.41, 5.74) is 0.199. The first kappa shape index (κ1) is 17.7. The summed E-state index contributed by atoms with van der Waals surface area (Å²) in [4.78, 5) is 10.8. The lowest BCUT2D eigenvalue weighted by Crippen LogP contribution is -2.13. The van der Waals surface area contributed by atoms with Crippen LogP contribution in [0.4, 0.5) is 11.4 Å². The Morgan fingerprint density at radius 2 is 1.65 bits per heavy atom. The highest BCUT2D eigenvalue weighted by Gasteiger charge is 2.18. The molecule has 26 heavy (non-hydrogen) atoms. The number of nitro benzene ring substituents is 1. The van der Waals surface area contributed by atoms with Crippen molar-refractivity contribution in [3.05, 3.63) is 70.8 Å². The van der Waals surface area contributed by atoms with E-state index in [1.165, 1.54) is 24.3 Å². The van der Waals surface area contributed by atoms with E-state index in [1.54, 1.807) is 36.4 Å². The Balaban J connectivity index is 2.00. The fourth-order valence-electron chi connectivity index (χ4n) is 2.63. The number of nitro groups is 1. The number of nitrogens with one attached hydrogen (secondary N) is 1. The molecular formula is C18H16N2O5S. The molecule has 3 aromatic carbocycles. The average Bonchev–Trinajstić information content (AvgIpc) is 2.62. The molecule has 0 saturated heterocycles. The highest BCUT2D eigenvalue weighted by molar-refractivity contribution is 7.92. The summed E-state index contributed by atoms with van der Waals surface area (Å²) in [5.74, 6) is 0.576. The van der Waals surface area contributed by atoms with E-state index in [9.17, 15) is 18.5 Å². The third kappa shape index (κ3) is 3.45. The minimum Gasteiger partial charge on any atom is -0.494 e. The molecule has 3 aromatic rings. The second kappa shape index (κ2) is 7.01. The molecule has 7 nitrogen and oxygen atoms in total. The molecule has 3 rings (SSSR count). The van der Waals surface area contributed by atoms with Crippen LogP contribution in [0.3, 0.4) is 0 Å². The van der Waals surface area contributed by atoms with Gasteiger partial charge in [0.2, 0.25) is 0 Å². The van der Waals surface area contributed by atoms with E-state index in [0.29, 0.717) is 23.1 Å². The van der Waals surface area contributed by atoms with Crippen LogP contribution >= 0.6 is 0 Å². The van der Waals surface area contributed by atoms with Crippen LogP contribution in [0.15, 0.2) is 65.6 Å². The second-order valence-corrected chi connectivity index (χ2v) is 7.13. The van der Waals surface area contributed by atoms with Crippen LogP contribution in [-0.2, 0) is 10.0 Å². The first-order chi connectivity index (χ1) is 12.4. The third-order valence-corrected chi connectivity index (χ3v) is 5.17. The number of fused-ring (bicyclic) bond motifs is 1. The molecule has 0 aromatic heterocycles. The summed E-state index contributed by atoms with van der Waals surface area (Å²) in [6, 6.07) is 15.3. The van der Waals surface area contributed by atoms with Gasteiger partial charge in [-0.1, -0.05) is 18.2 Å². The van der Waals surface area contributed by atoms with Crippen molar-refractivity contribution in [2.45, 2.75) is 11.8 Å². The Morgan fingerprint density at radius 3 is 2.31 bits per heavy atom. The number of rotatable bonds is 6. The van der Waals surface area contributed by atoms with Gasteiger partial charge in [0.1, 0.15) is 5.75 Å². The Labute approximate surface area is 150 Å². The van der Waals surface area contributed by atoms with Crippen molar-refractivity contribution in [2.75, 3.05) is 11.3 Å². The summed E-state index contributed by atoms with van der Waals surface area (Å²) in [6.45, 7) is 2.32.